The summed E-state index contributed by atoms with van der Waals surface area (Å²) in [6.07, 6.45) is 4.28. The van der Waals surface area contributed by atoms with E-state index in [1.54, 1.807) is 13.8 Å². The molecule has 1 fully saturated rings. The summed E-state index contributed by atoms with van der Waals surface area (Å²) in [6, 6.07) is 3.95. The van der Waals surface area contributed by atoms with Crippen LogP contribution in [0.4, 0.5) is 10.1 Å². The number of benzene rings is 1. The number of aliphatic hydroxyl groups is 1. The fourth-order valence-corrected chi connectivity index (χ4v) is 3.32. The molecule has 0 radical (unpaired) electrons. The van der Waals surface area contributed by atoms with E-state index in [4.69, 9.17) is 0 Å². The molecule has 1 aromatic rings. The van der Waals surface area contributed by atoms with Crippen LogP contribution in [-0.2, 0) is 0 Å². The van der Waals surface area contributed by atoms with E-state index in [1.165, 1.54) is 31.7 Å². The maximum atomic E-state index is 13.9. The molecule has 1 aliphatic carbocycles. The van der Waals surface area contributed by atoms with E-state index in [0.29, 0.717) is 23.1 Å². The lowest BCUT2D eigenvalue weighted by Gasteiger charge is -2.35. The molecular formula is C18H28FNO. The van der Waals surface area contributed by atoms with E-state index in [0.717, 1.165) is 12.2 Å². The first-order chi connectivity index (χ1) is 9.90. The molecule has 0 aromatic heterocycles. The molecule has 118 valence electrons. The molecule has 0 amide bonds. The summed E-state index contributed by atoms with van der Waals surface area (Å²) >= 11 is 0. The van der Waals surface area contributed by atoms with Crippen molar-refractivity contribution in [3.05, 3.63) is 29.1 Å². The molecule has 1 atom stereocenters. The highest BCUT2D eigenvalue weighted by molar-refractivity contribution is 5.57. The Kier molecular flexibility index (Phi) is 5.26. The maximum Gasteiger partial charge on any atom is 0.126 e. The predicted molar refractivity (Wildman–Crippen MR) is 86.2 cm³/mol. The van der Waals surface area contributed by atoms with Crippen LogP contribution in [0.1, 0.15) is 63.7 Å². The molecule has 21 heavy (non-hydrogen) atoms. The van der Waals surface area contributed by atoms with Gasteiger partial charge in [-0.15, -0.1) is 0 Å². The first-order valence-corrected chi connectivity index (χ1v) is 8.15. The van der Waals surface area contributed by atoms with Crippen molar-refractivity contribution in [2.75, 3.05) is 11.4 Å². The average molecular weight is 293 g/mol. The number of hydrogen-bond acceptors (Lipinski definition) is 2. The number of aliphatic hydroxyl groups excluding tert-OH is 1. The molecule has 0 spiro atoms. The van der Waals surface area contributed by atoms with Crippen LogP contribution in [0.2, 0.25) is 0 Å². The van der Waals surface area contributed by atoms with Gasteiger partial charge in [-0.3, -0.25) is 0 Å². The van der Waals surface area contributed by atoms with Crippen molar-refractivity contribution in [3.8, 4) is 0 Å². The number of anilines is 1. The molecule has 1 saturated carbocycles. The Balaban J connectivity index is 2.44. The van der Waals surface area contributed by atoms with Crippen molar-refractivity contribution >= 4 is 5.69 Å². The minimum absolute atomic E-state index is 0.231. The zero-order valence-electron chi connectivity index (χ0n) is 13.7. The van der Waals surface area contributed by atoms with Gasteiger partial charge in [-0.05, 0) is 50.3 Å². The second kappa shape index (κ2) is 6.78. The quantitative estimate of drug-likeness (QED) is 0.858. The zero-order valence-corrected chi connectivity index (χ0v) is 13.7. The number of nitrogens with zero attached hydrogens (tertiary/aromatic N) is 1. The normalized spacial score (nSPS) is 17.5. The monoisotopic (exact) mass is 293 g/mol. The van der Waals surface area contributed by atoms with E-state index >= 15 is 0 Å². The molecule has 1 aromatic carbocycles. The lowest BCUT2D eigenvalue weighted by Crippen LogP contribution is -2.37. The smallest absolute Gasteiger partial charge is 0.126 e. The SMILES string of the molecule is Cc1cc(N(CC(C)C)C2CCCC2)c([C@@H](C)O)cc1F. The van der Waals surface area contributed by atoms with E-state index in [1.807, 2.05) is 6.07 Å². The van der Waals surface area contributed by atoms with Crippen LogP contribution >= 0.6 is 0 Å². The first-order valence-electron chi connectivity index (χ1n) is 8.15. The third-order valence-corrected chi connectivity index (χ3v) is 4.39. The highest BCUT2D eigenvalue weighted by atomic mass is 19.1. The Bertz CT molecular complexity index is 478. The molecule has 0 bridgehead atoms. The van der Waals surface area contributed by atoms with Crippen molar-refractivity contribution in [2.24, 2.45) is 5.92 Å². The summed E-state index contributed by atoms with van der Waals surface area (Å²) in [5.74, 6) is 0.309. The molecule has 0 unspecified atom stereocenters. The Morgan fingerprint density at radius 3 is 2.38 bits per heavy atom. The molecule has 0 aliphatic heterocycles. The number of halogens is 1. The van der Waals surface area contributed by atoms with E-state index in [-0.39, 0.29) is 5.82 Å². The Labute approximate surface area is 128 Å². The van der Waals surface area contributed by atoms with Gasteiger partial charge in [-0.25, -0.2) is 4.39 Å². The van der Waals surface area contributed by atoms with Gasteiger partial charge in [0.2, 0.25) is 0 Å². The minimum atomic E-state index is -0.647. The van der Waals surface area contributed by atoms with Gasteiger partial charge >= 0.3 is 0 Å². The van der Waals surface area contributed by atoms with Gasteiger partial charge in [-0.2, -0.15) is 0 Å². The lowest BCUT2D eigenvalue weighted by atomic mass is 10.0. The largest absolute Gasteiger partial charge is 0.389 e. The number of hydrogen-bond donors (Lipinski definition) is 1. The van der Waals surface area contributed by atoms with Crippen LogP contribution in [0, 0.1) is 18.7 Å². The molecule has 0 heterocycles. The highest BCUT2D eigenvalue weighted by Crippen LogP contribution is 2.35. The Morgan fingerprint density at radius 1 is 1.24 bits per heavy atom. The maximum absolute atomic E-state index is 13.9. The molecule has 3 heteroatoms. The molecule has 1 N–H and O–H groups in total. The predicted octanol–water partition coefficient (Wildman–Crippen LogP) is 4.59. The second-order valence-corrected chi connectivity index (χ2v) is 6.82. The third kappa shape index (κ3) is 3.76. The first kappa shape index (κ1) is 16.3. The van der Waals surface area contributed by atoms with Crippen molar-refractivity contribution in [2.45, 2.75) is 65.5 Å². The fourth-order valence-electron chi connectivity index (χ4n) is 3.32. The van der Waals surface area contributed by atoms with Crippen LogP contribution < -0.4 is 4.90 Å². The molecule has 2 nitrogen and oxygen atoms in total. The fraction of sp³-hybridized carbons (Fsp3) is 0.667. The van der Waals surface area contributed by atoms with Gasteiger partial charge in [0.05, 0.1) is 6.10 Å². The van der Waals surface area contributed by atoms with Crippen molar-refractivity contribution in [1.29, 1.82) is 0 Å². The second-order valence-electron chi connectivity index (χ2n) is 6.82. The average Bonchev–Trinajstić information content (AvgIpc) is 2.92. The molecular weight excluding hydrogens is 265 g/mol. The van der Waals surface area contributed by atoms with Gasteiger partial charge in [0.15, 0.2) is 0 Å². The summed E-state index contributed by atoms with van der Waals surface area (Å²) < 4.78 is 13.9. The van der Waals surface area contributed by atoms with Crippen molar-refractivity contribution in [3.63, 3.8) is 0 Å². The van der Waals surface area contributed by atoms with Gasteiger partial charge in [0, 0.05) is 23.8 Å². The van der Waals surface area contributed by atoms with Crippen molar-refractivity contribution < 1.29 is 9.50 Å². The van der Waals surface area contributed by atoms with Crippen LogP contribution in [0.15, 0.2) is 12.1 Å². The molecule has 0 saturated heterocycles. The lowest BCUT2D eigenvalue weighted by molar-refractivity contribution is 0.199. The minimum Gasteiger partial charge on any atom is -0.389 e. The van der Waals surface area contributed by atoms with Gasteiger partial charge in [-0.1, -0.05) is 26.7 Å². The summed E-state index contributed by atoms with van der Waals surface area (Å²) in [6.45, 7) is 8.89. The van der Waals surface area contributed by atoms with Gasteiger partial charge in [0.1, 0.15) is 5.82 Å². The van der Waals surface area contributed by atoms with E-state index in [2.05, 4.69) is 18.7 Å². The third-order valence-electron chi connectivity index (χ3n) is 4.39. The summed E-state index contributed by atoms with van der Waals surface area (Å²) in [4.78, 5) is 2.41. The van der Waals surface area contributed by atoms with E-state index < -0.39 is 6.10 Å². The van der Waals surface area contributed by atoms with Crippen LogP contribution in [-0.4, -0.2) is 17.7 Å². The van der Waals surface area contributed by atoms with Crippen molar-refractivity contribution in [1.82, 2.24) is 0 Å². The summed E-state index contributed by atoms with van der Waals surface area (Å²) in [7, 11) is 0. The van der Waals surface area contributed by atoms with Crippen LogP contribution in [0.25, 0.3) is 0 Å². The topological polar surface area (TPSA) is 23.5 Å². The zero-order chi connectivity index (χ0) is 15.6. The molecule has 1 aliphatic rings. The standard InChI is InChI=1S/C18H28FNO/c1-12(2)11-20(15-7-5-6-8-15)18-9-13(3)17(19)10-16(18)14(4)21/h9-10,12,14-15,21H,5-8,11H2,1-4H3/t14-/m1/s1. The molecule has 2 rings (SSSR count). The Hall–Kier alpha value is -1.09. The van der Waals surface area contributed by atoms with Crippen LogP contribution in [0.3, 0.4) is 0 Å². The van der Waals surface area contributed by atoms with Crippen LogP contribution in [0.5, 0.6) is 0 Å². The summed E-state index contributed by atoms with van der Waals surface area (Å²) in [5.41, 5.74) is 2.39. The summed E-state index contributed by atoms with van der Waals surface area (Å²) in [5, 5.41) is 10.1. The van der Waals surface area contributed by atoms with Gasteiger partial charge in [0.25, 0.3) is 0 Å². The van der Waals surface area contributed by atoms with E-state index in [9.17, 15) is 9.50 Å². The Morgan fingerprint density at radius 2 is 1.86 bits per heavy atom. The number of aryl methyl sites for hydroxylation is 1. The van der Waals surface area contributed by atoms with Gasteiger partial charge < -0.3 is 10.0 Å². The highest BCUT2D eigenvalue weighted by Gasteiger charge is 2.26. The number of rotatable bonds is 5.